The smallest absolute Gasteiger partial charge is 0.295 e. The number of aliphatic hydroxyl groups is 1. The molecule has 4 rings (SSSR count). The number of Topliss-reactive ketones (excluding diaryl/α,β-unsaturated/α-hetero) is 1. The maximum Gasteiger partial charge on any atom is 0.295 e. The van der Waals surface area contributed by atoms with Crippen molar-refractivity contribution in [2.24, 2.45) is 0 Å². The summed E-state index contributed by atoms with van der Waals surface area (Å²) in [6.07, 6.45) is 0.717. The molecule has 1 amide bonds. The average Bonchev–Trinajstić information content (AvgIpc) is 3.31. The minimum absolute atomic E-state index is 0.0759. The molecular weight excluding hydrogens is 384 g/mol. The molecule has 1 aromatic carbocycles. The van der Waals surface area contributed by atoms with Crippen LogP contribution in [0.15, 0.2) is 52.5 Å². The highest BCUT2D eigenvalue weighted by atomic mass is 16.5. The number of morpholine rings is 1. The molecule has 30 heavy (non-hydrogen) atoms. The van der Waals surface area contributed by atoms with Gasteiger partial charge in [-0.1, -0.05) is 30.3 Å². The largest absolute Gasteiger partial charge is 0.507 e. The predicted molar refractivity (Wildman–Crippen MR) is 111 cm³/mol. The van der Waals surface area contributed by atoms with Gasteiger partial charge in [-0.25, -0.2) is 0 Å². The molecule has 2 aliphatic heterocycles. The highest BCUT2D eigenvalue weighted by Crippen LogP contribution is 2.40. The number of hydrogen-bond donors (Lipinski definition) is 1. The number of rotatable bonds is 6. The standard InChI is InChI=1S/C23H26N2O5/c1-16-8-9-18(30-16)20-19(21(26)17-6-3-2-4-7-17)22(27)23(28)25(20)11-5-10-24-12-14-29-15-13-24/h2-4,6-9,20,26H,5,10-15H2,1H3/b21-19+/t20-/m1/s1. The zero-order valence-electron chi connectivity index (χ0n) is 17.0. The summed E-state index contributed by atoms with van der Waals surface area (Å²) in [5.41, 5.74) is 0.573. The van der Waals surface area contributed by atoms with Crippen LogP contribution in [-0.2, 0) is 14.3 Å². The fraction of sp³-hybridized carbons (Fsp3) is 0.391. The summed E-state index contributed by atoms with van der Waals surface area (Å²) in [6, 6.07) is 11.6. The lowest BCUT2D eigenvalue weighted by atomic mass is 9.99. The number of benzene rings is 1. The number of hydrogen-bond acceptors (Lipinski definition) is 6. The number of carbonyl (C=O) groups excluding carboxylic acids is 2. The van der Waals surface area contributed by atoms with Gasteiger partial charge < -0.3 is 19.2 Å². The van der Waals surface area contributed by atoms with Crippen LogP contribution in [0.3, 0.4) is 0 Å². The van der Waals surface area contributed by atoms with Gasteiger partial charge >= 0.3 is 0 Å². The van der Waals surface area contributed by atoms with Crippen molar-refractivity contribution in [1.82, 2.24) is 9.80 Å². The molecule has 2 aliphatic rings. The quantitative estimate of drug-likeness (QED) is 0.448. The third-order valence-corrected chi connectivity index (χ3v) is 5.59. The number of furan rings is 1. The molecule has 7 nitrogen and oxygen atoms in total. The van der Waals surface area contributed by atoms with Crippen LogP contribution in [0, 0.1) is 6.92 Å². The van der Waals surface area contributed by atoms with E-state index in [0.717, 1.165) is 19.6 Å². The second kappa shape index (κ2) is 8.85. The zero-order valence-corrected chi connectivity index (χ0v) is 17.0. The molecule has 7 heteroatoms. The summed E-state index contributed by atoms with van der Waals surface area (Å²) in [6.45, 7) is 6.19. The highest BCUT2D eigenvalue weighted by Gasteiger charge is 2.47. The van der Waals surface area contributed by atoms with Crippen LogP contribution in [0.1, 0.15) is 29.5 Å². The van der Waals surface area contributed by atoms with Gasteiger partial charge in [0, 0.05) is 31.7 Å². The molecular formula is C23H26N2O5. The summed E-state index contributed by atoms with van der Waals surface area (Å²) < 4.78 is 11.2. The summed E-state index contributed by atoms with van der Waals surface area (Å²) in [4.78, 5) is 29.6. The molecule has 2 aromatic rings. The summed E-state index contributed by atoms with van der Waals surface area (Å²) in [5, 5.41) is 10.9. The first kappa shape index (κ1) is 20.4. The van der Waals surface area contributed by atoms with Crippen molar-refractivity contribution in [2.45, 2.75) is 19.4 Å². The van der Waals surface area contributed by atoms with E-state index in [1.54, 1.807) is 36.4 Å². The monoisotopic (exact) mass is 410 g/mol. The molecule has 0 saturated carbocycles. The lowest BCUT2D eigenvalue weighted by Gasteiger charge is -2.28. The van der Waals surface area contributed by atoms with Crippen LogP contribution in [0.25, 0.3) is 5.76 Å². The Morgan fingerprint density at radius 2 is 1.80 bits per heavy atom. The number of carbonyl (C=O) groups is 2. The molecule has 0 radical (unpaired) electrons. The first-order valence-electron chi connectivity index (χ1n) is 10.3. The molecule has 3 heterocycles. The number of ether oxygens (including phenoxy) is 1. The topological polar surface area (TPSA) is 83.2 Å². The van der Waals surface area contributed by atoms with Crippen molar-refractivity contribution in [3.05, 3.63) is 65.1 Å². The molecule has 0 spiro atoms. The van der Waals surface area contributed by atoms with E-state index in [1.807, 2.05) is 13.0 Å². The third kappa shape index (κ3) is 4.04. The van der Waals surface area contributed by atoms with Gasteiger partial charge in [0.05, 0.1) is 18.8 Å². The molecule has 2 saturated heterocycles. The van der Waals surface area contributed by atoms with Crippen LogP contribution in [-0.4, -0.2) is 66.0 Å². The van der Waals surface area contributed by atoms with Crippen molar-refractivity contribution in [3.63, 3.8) is 0 Å². The van der Waals surface area contributed by atoms with E-state index in [-0.39, 0.29) is 11.3 Å². The lowest BCUT2D eigenvalue weighted by Crippen LogP contribution is -2.38. The van der Waals surface area contributed by atoms with Gasteiger partial charge in [-0.2, -0.15) is 0 Å². The third-order valence-electron chi connectivity index (χ3n) is 5.59. The van der Waals surface area contributed by atoms with Crippen molar-refractivity contribution in [3.8, 4) is 0 Å². The molecule has 1 atom stereocenters. The maximum atomic E-state index is 12.9. The van der Waals surface area contributed by atoms with Gasteiger partial charge in [-0.3, -0.25) is 14.5 Å². The Hall–Kier alpha value is -2.90. The number of amides is 1. The number of likely N-dealkylation sites (tertiary alicyclic amines) is 1. The van der Waals surface area contributed by atoms with Gasteiger partial charge in [0.15, 0.2) is 0 Å². The SMILES string of the molecule is Cc1ccc([C@@H]2/C(=C(\O)c3ccccc3)C(=O)C(=O)N2CCCN2CCOCC2)o1. The van der Waals surface area contributed by atoms with Gasteiger partial charge in [-0.15, -0.1) is 0 Å². The van der Waals surface area contributed by atoms with E-state index in [2.05, 4.69) is 4.90 Å². The van der Waals surface area contributed by atoms with Gasteiger partial charge in [0.2, 0.25) is 0 Å². The fourth-order valence-corrected chi connectivity index (χ4v) is 4.05. The Labute approximate surface area is 175 Å². The summed E-state index contributed by atoms with van der Waals surface area (Å²) in [5.74, 6) is -0.293. The lowest BCUT2D eigenvalue weighted by molar-refractivity contribution is -0.140. The second-order valence-electron chi connectivity index (χ2n) is 7.61. The minimum atomic E-state index is -0.733. The Bertz CT molecular complexity index is 944. The van der Waals surface area contributed by atoms with Crippen molar-refractivity contribution < 1.29 is 23.8 Å². The Morgan fingerprint density at radius 1 is 1.07 bits per heavy atom. The zero-order chi connectivity index (χ0) is 21.1. The minimum Gasteiger partial charge on any atom is -0.507 e. The van der Waals surface area contributed by atoms with E-state index < -0.39 is 17.7 Å². The van der Waals surface area contributed by atoms with Gasteiger partial charge in [0.25, 0.3) is 11.7 Å². The van der Waals surface area contributed by atoms with E-state index in [1.165, 1.54) is 4.90 Å². The molecule has 1 N–H and O–H groups in total. The first-order valence-corrected chi connectivity index (χ1v) is 10.3. The van der Waals surface area contributed by atoms with Crippen LogP contribution in [0.2, 0.25) is 0 Å². The van der Waals surface area contributed by atoms with Gasteiger partial charge in [-0.05, 0) is 25.5 Å². The normalized spacial score (nSPS) is 22.0. The number of aliphatic hydroxyl groups excluding tert-OH is 1. The number of aryl methyl sites for hydroxylation is 1. The van der Waals surface area contributed by atoms with E-state index >= 15 is 0 Å². The summed E-state index contributed by atoms with van der Waals surface area (Å²) >= 11 is 0. The average molecular weight is 410 g/mol. The van der Waals surface area contributed by atoms with E-state index in [4.69, 9.17) is 9.15 Å². The van der Waals surface area contributed by atoms with Crippen LogP contribution >= 0.6 is 0 Å². The Balaban J connectivity index is 1.63. The van der Waals surface area contributed by atoms with Crippen LogP contribution in [0.5, 0.6) is 0 Å². The van der Waals surface area contributed by atoms with Crippen molar-refractivity contribution in [1.29, 1.82) is 0 Å². The fourth-order valence-electron chi connectivity index (χ4n) is 4.05. The van der Waals surface area contributed by atoms with Crippen LogP contribution < -0.4 is 0 Å². The first-order chi connectivity index (χ1) is 14.6. The van der Waals surface area contributed by atoms with E-state index in [9.17, 15) is 14.7 Å². The van der Waals surface area contributed by atoms with Crippen LogP contribution in [0.4, 0.5) is 0 Å². The predicted octanol–water partition coefficient (Wildman–Crippen LogP) is 2.73. The molecule has 1 aromatic heterocycles. The number of nitrogens with zero attached hydrogens (tertiary/aromatic N) is 2. The van der Waals surface area contributed by atoms with Crippen molar-refractivity contribution >= 4 is 17.4 Å². The highest BCUT2D eigenvalue weighted by molar-refractivity contribution is 6.46. The maximum absolute atomic E-state index is 12.9. The molecule has 0 aliphatic carbocycles. The molecule has 0 bridgehead atoms. The molecule has 0 unspecified atom stereocenters. The number of ketones is 1. The van der Waals surface area contributed by atoms with Crippen molar-refractivity contribution in [2.75, 3.05) is 39.4 Å². The molecule has 158 valence electrons. The second-order valence-corrected chi connectivity index (χ2v) is 7.61. The summed E-state index contributed by atoms with van der Waals surface area (Å²) in [7, 11) is 0. The Morgan fingerprint density at radius 3 is 2.47 bits per heavy atom. The molecule has 2 fully saturated rings. The Kier molecular flexibility index (Phi) is 6.01. The van der Waals surface area contributed by atoms with Gasteiger partial charge in [0.1, 0.15) is 23.3 Å². The van der Waals surface area contributed by atoms with E-state index in [0.29, 0.717) is 43.3 Å².